The standard InChI is InChI=1S/C27H27N3O4S/c1-3-4-8-16-34-21-13-9-12-20(17-21)24-23(22(31)15-14-19-10-6-5-7-11-19)25(32)26(33)30(24)27-29-28-18(2)35-27/h5-7,9-15,17,24,32H,3-4,8,16H2,1-2H3/b15-14+. The molecule has 4 rings (SSSR count). The average molecular weight is 490 g/mol. The van der Waals surface area contributed by atoms with E-state index in [1.165, 1.54) is 22.3 Å². The molecule has 1 amide bonds. The summed E-state index contributed by atoms with van der Waals surface area (Å²) >= 11 is 1.22. The first-order valence-corrected chi connectivity index (χ1v) is 12.4. The fourth-order valence-corrected chi connectivity index (χ4v) is 4.61. The number of hydrogen-bond donors (Lipinski definition) is 1. The summed E-state index contributed by atoms with van der Waals surface area (Å²) in [4.78, 5) is 27.8. The van der Waals surface area contributed by atoms with Gasteiger partial charge in [-0.2, -0.15) is 0 Å². The van der Waals surface area contributed by atoms with Crippen molar-refractivity contribution in [3.05, 3.63) is 88.1 Å². The number of benzene rings is 2. The van der Waals surface area contributed by atoms with Crippen LogP contribution in [0.4, 0.5) is 5.13 Å². The third kappa shape index (κ3) is 5.49. The second-order valence-electron chi connectivity index (χ2n) is 8.18. The highest BCUT2D eigenvalue weighted by atomic mass is 32.1. The minimum Gasteiger partial charge on any atom is -0.503 e. The molecule has 1 unspecified atom stereocenters. The van der Waals surface area contributed by atoms with Crippen molar-refractivity contribution in [3.63, 3.8) is 0 Å². The zero-order valence-corrected chi connectivity index (χ0v) is 20.5. The van der Waals surface area contributed by atoms with E-state index in [1.54, 1.807) is 19.1 Å². The van der Waals surface area contributed by atoms with Crippen LogP contribution in [0, 0.1) is 6.92 Å². The third-order valence-electron chi connectivity index (χ3n) is 5.61. The van der Waals surface area contributed by atoms with Gasteiger partial charge in [-0.05, 0) is 42.7 Å². The van der Waals surface area contributed by atoms with E-state index in [0.717, 1.165) is 24.8 Å². The second-order valence-corrected chi connectivity index (χ2v) is 9.34. The summed E-state index contributed by atoms with van der Waals surface area (Å²) in [5.41, 5.74) is 1.47. The number of aliphatic hydroxyl groups excluding tert-OH is 1. The summed E-state index contributed by atoms with van der Waals surface area (Å²) in [6.45, 7) is 4.49. The van der Waals surface area contributed by atoms with Gasteiger partial charge in [0.05, 0.1) is 18.2 Å². The summed E-state index contributed by atoms with van der Waals surface area (Å²) in [7, 11) is 0. The number of ketones is 1. The fourth-order valence-electron chi connectivity index (χ4n) is 3.90. The van der Waals surface area contributed by atoms with Crippen molar-refractivity contribution in [1.82, 2.24) is 10.2 Å². The molecule has 35 heavy (non-hydrogen) atoms. The summed E-state index contributed by atoms with van der Waals surface area (Å²) in [5.74, 6) is -1.09. The Morgan fingerprint density at radius 2 is 1.94 bits per heavy atom. The Hall–Kier alpha value is -3.78. The molecule has 0 fully saturated rings. The maximum absolute atomic E-state index is 13.3. The number of allylic oxidation sites excluding steroid dienone is 1. The number of amides is 1. The summed E-state index contributed by atoms with van der Waals surface area (Å²) in [6, 6.07) is 15.8. The van der Waals surface area contributed by atoms with Crippen LogP contribution in [0.5, 0.6) is 5.75 Å². The summed E-state index contributed by atoms with van der Waals surface area (Å²) in [6.07, 6.45) is 6.14. The van der Waals surface area contributed by atoms with Crippen LogP contribution in [0.2, 0.25) is 0 Å². The van der Waals surface area contributed by atoms with Crippen LogP contribution >= 0.6 is 11.3 Å². The highest BCUT2D eigenvalue weighted by molar-refractivity contribution is 7.15. The summed E-state index contributed by atoms with van der Waals surface area (Å²) in [5, 5.41) is 19.9. The van der Waals surface area contributed by atoms with Crippen molar-refractivity contribution in [2.75, 3.05) is 11.5 Å². The zero-order chi connectivity index (χ0) is 24.8. The normalized spacial score (nSPS) is 15.9. The minimum atomic E-state index is -0.859. The van der Waals surface area contributed by atoms with Gasteiger partial charge in [0.1, 0.15) is 10.8 Å². The molecule has 0 spiro atoms. The largest absolute Gasteiger partial charge is 0.503 e. The van der Waals surface area contributed by atoms with E-state index < -0.39 is 23.5 Å². The molecule has 180 valence electrons. The molecule has 1 aliphatic heterocycles. The first-order valence-electron chi connectivity index (χ1n) is 11.6. The molecule has 0 bridgehead atoms. The molecule has 0 radical (unpaired) electrons. The number of rotatable bonds is 10. The van der Waals surface area contributed by atoms with E-state index in [1.807, 2.05) is 48.5 Å². The molecule has 7 nitrogen and oxygen atoms in total. The second kappa shape index (κ2) is 11.1. The van der Waals surface area contributed by atoms with E-state index in [-0.39, 0.29) is 5.57 Å². The van der Waals surface area contributed by atoms with E-state index in [0.29, 0.717) is 28.1 Å². The third-order valence-corrected chi connectivity index (χ3v) is 6.45. The van der Waals surface area contributed by atoms with E-state index in [9.17, 15) is 14.7 Å². The quantitative estimate of drug-likeness (QED) is 0.294. The zero-order valence-electron chi connectivity index (χ0n) is 19.7. The predicted molar refractivity (Wildman–Crippen MR) is 136 cm³/mol. The van der Waals surface area contributed by atoms with Gasteiger partial charge in [-0.3, -0.25) is 14.5 Å². The molecule has 0 saturated carbocycles. The Kier molecular flexibility index (Phi) is 7.72. The predicted octanol–water partition coefficient (Wildman–Crippen LogP) is 5.60. The molecule has 3 aromatic rings. The molecule has 0 aliphatic carbocycles. The lowest BCUT2D eigenvalue weighted by molar-refractivity contribution is -0.117. The van der Waals surface area contributed by atoms with Gasteiger partial charge >= 0.3 is 0 Å². The van der Waals surface area contributed by atoms with E-state index >= 15 is 0 Å². The van der Waals surface area contributed by atoms with Crippen molar-refractivity contribution >= 4 is 34.2 Å². The Bertz CT molecular complexity index is 1270. The van der Waals surface area contributed by atoms with Crippen LogP contribution in [-0.4, -0.2) is 33.6 Å². The van der Waals surface area contributed by atoms with Gasteiger partial charge in [-0.25, -0.2) is 0 Å². The minimum absolute atomic E-state index is 0.00170. The van der Waals surface area contributed by atoms with Crippen LogP contribution in [0.3, 0.4) is 0 Å². The van der Waals surface area contributed by atoms with Crippen LogP contribution < -0.4 is 9.64 Å². The average Bonchev–Trinajstić information content (AvgIpc) is 3.41. The number of anilines is 1. The molecule has 1 atom stereocenters. The van der Waals surface area contributed by atoms with E-state index in [2.05, 4.69) is 17.1 Å². The van der Waals surface area contributed by atoms with Crippen molar-refractivity contribution in [2.45, 2.75) is 39.2 Å². The summed E-state index contributed by atoms with van der Waals surface area (Å²) < 4.78 is 5.90. The van der Waals surface area contributed by atoms with Crippen LogP contribution in [0.1, 0.15) is 48.4 Å². The number of carbonyl (C=O) groups excluding carboxylic acids is 2. The maximum Gasteiger partial charge on any atom is 0.296 e. The van der Waals surface area contributed by atoms with Gasteiger partial charge in [-0.15, -0.1) is 10.2 Å². The fraction of sp³-hybridized carbons (Fsp3) is 0.259. The van der Waals surface area contributed by atoms with Crippen LogP contribution in [-0.2, 0) is 9.59 Å². The Labute approximate surface area is 208 Å². The first kappa shape index (κ1) is 24.3. The Morgan fingerprint density at radius 1 is 1.14 bits per heavy atom. The maximum atomic E-state index is 13.3. The van der Waals surface area contributed by atoms with Crippen molar-refractivity contribution in [2.24, 2.45) is 0 Å². The first-order chi connectivity index (χ1) is 17.0. The van der Waals surface area contributed by atoms with Crippen LogP contribution in [0.15, 0.2) is 72.0 Å². The number of hydrogen-bond acceptors (Lipinski definition) is 7. The van der Waals surface area contributed by atoms with Crippen molar-refractivity contribution < 1.29 is 19.4 Å². The van der Waals surface area contributed by atoms with Gasteiger partial charge in [0.15, 0.2) is 11.5 Å². The topological polar surface area (TPSA) is 92.6 Å². The lowest BCUT2D eigenvalue weighted by Gasteiger charge is -2.24. The van der Waals surface area contributed by atoms with Crippen molar-refractivity contribution in [3.8, 4) is 5.75 Å². The van der Waals surface area contributed by atoms with Gasteiger partial charge in [-0.1, -0.05) is 79.6 Å². The smallest absolute Gasteiger partial charge is 0.296 e. The number of unbranched alkanes of at least 4 members (excludes halogenated alkanes) is 2. The molecular weight excluding hydrogens is 462 g/mol. The van der Waals surface area contributed by atoms with Gasteiger partial charge in [0.2, 0.25) is 5.13 Å². The number of aromatic nitrogens is 2. The Morgan fingerprint density at radius 3 is 2.66 bits per heavy atom. The molecular formula is C27H27N3O4S. The number of aliphatic hydroxyl groups is 1. The molecule has 0 saturated heterocycles. The SMILES string of the molecule is CCCCCOc1cccc(C2C(C(=O)/C=C/c3ccccc3)=C(O)C(=O)N2c2nnc(C)s2)c1. The highest BCUT2D eigenvalue weighted by Crippen LogP contribution is 2.42. The van der Waals surface area contributed by atoms with Gasteiger partial charge < -0.3 is 9.84 Å². The van der Waals surface area contributed by atoms with E-state index in [4.69, 9.17) is 4.74 Å². The lowest BCUT2D eigenvalue weighted by atomic mass is 9.95. The monoisotopic (exact) mass is 489 g/mol. The molecule has 2 aromatic carbocycles. The van der Waals surface area contributed by atoms with Crippen LogP contribution in [0.25, 0.3) is 6.08 Å². The Balaban J connectivity index is 1.71. The number of aryl methyl sites for hydroxylation is 1. The molecule has 2 heterocycles. The molecule has 1 aliphatic rings. The lowest BCUT2D eigenvalue weighted by Crippen LogP contribution is -2.30. The number of ether oxygens (including phenoxy) is 1. The number of nitrogens with zero attached hydrogens (tertiary/aromatic N) is 3. The number of carbonyl (C=O) groups is 2. The van der Waals surface area contributed by atoms with Gasteiger partial charge in [0, 0.05) is 0 Å². The molecule has 8 heteroatoms. The molecule has 1 aromatic heterocycles. The van der Waals surface area contributed by atoms with Crippen molar-refractivity contribution in [1.29, 1.82) is 0 Å². The van der Waals surface area contributed by atoms with Gasteiger partial charge in [0.25, 0.3) is 5.91 Å². The molecule has 1 N–H and O–H groups in total. The highest BCUT2D eigenvalue weighted by Gasteiger charge is 2.45.